The smallest absolute Gasteiger partial charge is 0.244 e. The van der Waals surface area contributed by atoms with Crippen molar-refractivity contribution < 1.29 is 12.8 Å². The average Bonchev–Trinajstić information content (AvgIpc) is 3.08. The first-order valence-corrected chi connectivity index (χ1v) is 9.28. The number of hydrogen-bond donors (Lipinski definition) is 1. The molecule has 0 aliphatic heterocycles. The minimum atomic E-state index is -4.01. The Morgan fingerprint density at radius 2 is 1.92 bits per heavy atom. The number of benzene rings is 2. The van der Waals surface area contributed by atoms with E-state index in [1.165, 1.54) is 6.07 Å². The van der Waals surface area contributed by atoms with Gasteiger partial charge in [0.25, 0.3) is 0 Å². The third kappa shape index (κ3) is 3.89. The Morgan fingerprint density at radius 1 is 1.20 bits per heavy atom. The summed E-state index contributed by atoms with van der Waals surface area (Å²) in [5.74, 6) is -0.886. The summed E-state index contributed by atoms with van der Waals surface area (Å²) in [5, 5.41) is 0.139. The first-order chi connectivity index (χ1) is 11.9. The van der Waals surface area contributed by atoms with Gasteiger partial charge >= 0.3 is 0 Å². The normalized spacial score (nSPS) is 12.9. The topological polar surface area (TPSA) is 64.0 Å². The van der Waals surface area contributed by atoms with Crippen molar-refractivity contribution in [2.45, 2.75) is 17.9 Å². The van der Waals surface area contributed by atoms with Crippen LogP contribution in [0.15, 0.2) is 66.1 Å². The third-order valence-corrected chi connectivity index (χ3v) is 5.52. The maximum Gasteiger partial charge on any atom is 0.244 e. The molecule has 0 aliphatic rings. The van der Waals surface area contributed by atoms with E-state index in [-0.39, 0.29) is 5.02 Å². The van der Waals surface area contributed by atoms with Crippen LogP contribution in [-0.2, 0) is 10.0 Å². The molecular weight excluding hydrogens is 365 g/mol. The van der Waals surface area contributed by atoms with Crippen LogP contribution in [0.4, 0.5) is 4.39 Å². The third-order valence-electron chi connectivity index (χ3n) is 3.71. The molecule has 1 heterocycles. The standard InChI is InChI=1S/C17H15ClFN3O2S/c1-12(13-2-5-15(6-3-13)22-9-8-20-11-22)21-25(23,24)17-7-4-14(18)10-16(17)19/h2-12,21H,1H3/t12-/m0/s1. The quantitative estimate of drug-likeness (QED) is 0.735. The molecule has 3 aromatic rings. The molecule has 0 spiro atoms. The number of rotatable bonds is 5. The molecular formula is C17H15ClFN3O2S. The average molecular weight is 380 g/mol. The van der Waals surface area contributed by atoms with Crippen LogP contribution in [0.25, 0.3) is 5.69 Å². The molecule has 8 heteroatoms. The molecule has 0 bridgehead atoms. The zero-order chi connectivity index (χ0) is 18.0. The Bertz CT molecular complexity index is 974. The number of nitrogens with zero attached hydrogens (tertiary/aromatic N) is 2. The van der Waals surface area contributed by atoms with Gasteiger partial charge in [0.05, 0.1) is 6.33 Å². The van der Waals surface area contributed by atoms with Gasteiger partial charge in [-0.1, -0.05) is 23.7 Å². The van der Waals surface area contributed by atoms with Gasteiger partial charge in [-0.2, -0.15) is 0 Å². The maximum absolute atomic E-state index is 13.9. The summed E-state index contributed by atoms with van der Waals surface area (Å²) < 4.78 is 43.0. The predicted octanol–water partition coefficient (Wildman–Crippen LogP) is 3.70. The van der Waals surface area contributed by atoms with Crippen molar-refractivity contribution in [1.82, 2.24) is 14.3 Å². The van der Waals surface area contributed by atoms with E-state index in [1.54, 1.807) is 31.6 Å². The molecule has 1 N–H and O–H groups in total. The summed E-state index contributed by atoms with van der Waals surface area (Å²) in [6.45, 7) is 1.69. The molecule has 1 atom stereocenters. The molecule has 5 nitrogen and oxygen atoms in total. The number of sulfonamides is 1. The van der Waals surface area contributed by atoms with Gasteiger partial charge in [-0.3, -0.25) is 0 Å². The summed E-state index contributed by atoms with van der Waals surface area (Å²) in [4.78, 5) is 3.55. The molecule has 2 aromatic carbocycles. The summed E-state index contributed by atoms with van der Waals surface area (Å²) in [5.41, 5.74) is 1.65. The first-order valence-electron chi connectivity index (χ1n) is 7.42. The minimum Gasteiger partial charge on any atom is -0.306 e. The van der Waals surface area contributed by atoms with E-state index in [1.807, 2.05) is 22.9 Å². The van der Waals surface area contributed by atoms with Gasteiger partial charge in [0.15, 0.2) is 0 Å². The summed E-state index contributed by atoms with van der Waals surface area (Å²) in [6, 6.07) is 10.2. The highest BCUT2D eigenvalue weighted by Crippen LogP contribution is 2.22. The van der Waals surface area contributed by atoms with Crippen molar-refractivity contribution in [2.75, 3.05) is 0 Å². The monoisotopic (exact) mass is 379 g/mol. The van der Waals surface area contributed by atoms with Gasteiger partial charge in [-0.15, -0.1) is 0 Å². The molecule has 0 aliphatic carbocycles. The highest BCUT2D eigenvalue weighted by atomic mass is 35.5. The molecule has 0 amide bonds. The van der Waals surface area contributed by atoms with Crippen molar-refractivity contribution in [3.05, 3.63) is 77.6 Å². The van der Waals surface area contributed by atoms with Gasteiger partial charge in [-0.05, 0) is 42.8 Å². The number of aromatic nitrogens is 2. The Hall–Kier alpha value is -2.22. The van der Waals surface area contributed by atoms with Crippen molar-refractivity contribution in [3.63, 3.8) is 0 Å². The number of nitrogens with one attached hydrogen (secondary N) is 1. The van der Waals surface area contributed by atoms with Crippen LogP contribution < -0.4 is 4.72 Å². The van der Waals surface area contributed by atoms with E-state index in [0.717, 1.165) is 23.4 Å². The largest absolute Gasteiger partial charge is 0.306 e. The van der Waals surface area contributed by atoms with Crippen LogP contribution in [0.5, 0.6) is 0 Å². The molecule has 1 aromatic heterocycles. The lowest BCUT2D eigenvalue weighted by molar-refractivity contribution is 0.547. The Kier molecular flexibility index (Phi) is 4.89. The Labute approximate surface area is 150 Å². The van der Waals surface area contributed by atoms with E-state index in [2.05, 4.69) is 9.71 Å². The van der Waals surface area contributed by atoms with Gasteiger partial charge in [0.1, 0.15) is 10.7 Å². The minimum absolute atomic E-state index is 0.139. The second-order valence-corrected chi connectivity index (χ2v) is 7.60. The maximum atomic E-state index is 13.9. The number of halogens is 2. The molecule has 25 heavy (non-hydrogen) atoms. The van der Waals surface area contributed by atoms with E-state index >= 15 is 0 Å². The summed E-state index contributed by atoms with van der Waals surface area (Å²) in [7, 11) is -4.01. The SMILES string of the molecule is C[C@H](NS(=O)(=O)c1ccc(Cl)cc1F)c1ccc(-n2ccnc2)cc1. The van der Waals surface area contributed by atoms with Crippen LogP contribution in [0, 0.1) is 5.82 Å². The van der Waals surface area contributed by atoms with E-state index in [9.17, 15) is 12.8 Å². The fourth-order valence-corrected chi connectivity index (χ4v) is 3.85. The highest BCUT2D eigenvalue weighted by molar-refractivity contribution is 7.89. The lowest BCUT2D eigenvalue weighted by atomic mass is 10.1. The van der Waals surface area contributed by atoms with E-state index in [4.69, 9.17) is 11.6 Å². The summed E-state index contributed by atoms with van der Waals surface area (Å²) >= 11 is 5.66. The van der Waals surface area contributed by atoms with Gasteiger partial charge in [0, 0.05) is 29.1 Å². The molecule has 3 rings (SSSR count). The molecule has 130 valence electrons. The molecule has 0 fully saturated rings. The van der Waals surface area contributed by atoms with E-state index < -0.39 is 26.8 Å². The van der Waals surface area contributed by atoms with Crippen molar-refractivity contribution in [1.29, 1.82) is 0 Å². The molecule has 0 saturated carbocycles. The first kappa shape index (κ1) is 17.6. The van der Waals surface area contributed by atoms with Gasteiger partial charge in [0.2, 0.25) is 10.0 Å². The lowest BCUT2D eigenvalue weighted by Crippen LogP contribution is -2.27. The Balaban J connectivity index is 1.80. The Morgan fingerprint density at radius 3 is 2.52 bits per heavy atom. The fourth-order valence-electron chi connectivity index (χ4n) is 2.40. The second kappa shape index (κ2) is 6.95. The van der Waals surface area contributed by atoms with Crippen LogP contribution in [0.2, 0.25) is 5.02 Å². The van der Waals surface area contributed by atoms with Crippen LogP contribution in [0.1, 0.15) is 18.5 Å². The van der Waals surface area contributed by atoms with Crippen LogP contribution in [-0.4, -0.2) is 18.0 Å². The van der Waals surface area contributed by atoms with Crippen LogP contribution >= 0.6 is 11.6 Å². The number of hydrogen-bond acceptors (Lipinski definition) is 3. The second-order valence-electron chi connectivity index (χ2n) is 5.48. The zero-order valence-corrected chi connectivity index (χ0v) is 14.8. The molecule has 0 unspecified atom stereocenters. The predicted molar refractivity (Wildman–Crippen MR) is 93.7 cm³/mol. The van der Waals surface area contributed by atoms with Gasteiger partial charge in [-0.25, -0.2) is 22.5 Å². The van der Waals surface area contributed by atoms with Gasteiger partial charge < -0.3 is 4.57 Å². The van der Waals surface area contributed by atoms with Crippen molar-refractivity contribution in [3.8, 4) is 5.69 Å². The highest BCUT2D eigenvalue weighted by Gasteiger charge is 2.22. The van der Waals surface area contributed by atoms with Crippen molar-refractivity contribution >= 4 is 21.6 Å². The lowest BCUT2D eigenvalue weighted by Gasteiger charge is -2.16. The van der Waals surface area contributed by atoms with Crippen LogP contribution in [0.3, 0.4) is 0 Å². The summed E-state index contributed by atoms with van der Waals surface area (Å²) in [6.07, 6.45) is 5.15. The fraction of sp³-hybridized carbons (Fsp3) is 0.118. The van der Waals surface area contributed by atoms with Crippen molar-refractivity contribution in [2.24, 2.45) is 0 Å². The molecule has 0 saturated heterocycles. The zero-order valence-electron chi connectivity index (χ0n) is 13.2. The number of imidazole rings is 1. The molecule has 0 radical (unpaired) electrons. The van der Waals surface area contributed by atoms with E-state index in [0.29, 0.717) is 0 Å².